The Balaban J connectivity index is 1.97. The minimum absolute atomic E-state index is 0.214. The van der Waals surface area contributed by atoms with Crippen LogP contribution < -0.4 is 24.4 Å². The first-order valence-electron chi connectivity index (χ1n) is 10.0. The molecule has 1 aromatic carbocycles. The van der Waals surface area contributed by atoms with Gasteiger partial charge >= 0.3 is 5.97 Å². The van der Waals surface area contributed by atoms with E-state index in [1.807, 2.05) is 24.3 Å². The molecule has 1 aliphatic heterocycles. The molecule has 33 heavy (non-hydrogen) atoms. The number of nitrogens with zero attached hydrogens (tertiary/aromatic N) is 2. The van der Waals surface area contributed by atoms with Crippen molar-refractivity contribution in [3.05, 3.63) is 75.5 Å². The fourth-order valence-electron chi connectivity index (χ4n) is 3.66. The molecule has 1 aliphatic rings. The Morgan fingerprint density at radius 3 is 2.58 bits per heavy atom. The van der Waals surface area contributed by atoms with Gasteiger partial charge < -0.3 is 14.2 Å². The quantitative estimate of drug-likeness (QED) is 0.439. The monoisotopic (exact) mass is 548 g/mol. The van der Waals surface area contributed by atoms with Gasteiger partial charge in [-0.15, -0.1) is 11.3 Å². The average Bonchev–Trinajstić information content (AvgIpc) is 3.34. The van der Waals surface area contributed by atoms with E-state index < -0.39 is 12.0 Å². The molecule has 3 heterocycles. The highest BCUT2D eigenvalue weighted by molar-refractivity contribution is 9.11. The maximum absolute atomic E-state index is 13.6. The molecule has 7 nitrogen and oxygen atoms in total. The predicted molar refractivity (Wildman–Crippen MR) is 132 cm³/mol. The number of hydrogen-bond acceptors (Lipinski definition) is 8. The van der Waals surface area contributed by atoms with Gasteiger partial charge in [-0.05, 0) is 65.7 Å². The van der Waals surface area contributed by atoms with E-state index in [9.17, 15) is 9.59 Å². The Hall–Kier alpha value is -2.69. The van der Waals surface area contributed by atoms with Crippen LogP contribution in [0.15, 0.2) is 55.2 Å². The van der Waals surface area contributed by atoms with Crippen molar-refractivity contribution in [1.29, 1.82) is 0 Å². The zero-order valence-corrected chi connectivity index (χ0v) is 21.6. The number of rotatable bonds is 6. The molecule has 2 aromatic heterocycles. The number of thiophene rings is 1. The zero-order chi connectivity index (χ0) is 23.7. The third kappa shape index (κ3) is 4.42. The minimum Gasteiger partial charge on any atom is -0.493 e. The number of thiazole rings is 1. The lowest BCUT2D eigenvalue weighted by Crippen LogP contribution is -2.39. The van der Waals surface area contributed by atoms with E-state index in [0.717, 1.165) is 8.66 Å². The van der Waals surface area contributed by atoms with Crippen molar-refractivity contribution >= 4 is 50.6 Å². The summed E-state index contributed by atoms with van der Waals surface area (Å²) < 4.78 is 19.2. The van der Waals surface area contributed by atoms with Crippen LogP contribution >= 0.6 is 38.6 Å². The smallest absolute Gasteiger partial charge is 0.338 e. The van der Waals surface area contributed by atoms with Gasteiger partial charge in [-0.1, -0.05) is 17.4 Å². The molecule has 0 saturated carbocycles. The first-order chi connectivity index (χ1) is 15.9. The summed E-state index contributed by atoms with van der Waals surface area (Å²) in [4.78, 5) is 32.6. The van der Waals surface area contributed by atoms with E-state index in [4.69, 9.17) is 14.2 Å². The predicted octanol–water partition coefficient (Wildman–Crippen LogP) is 3.64. The van der Waals surface area contributed by atoms with Gasteiger partial charge in [-0.25, -0.2) is 9.79 Å². The number of esters is 1. The molecule has 0 aliphatic carbocycles. The van der Waals surface area contributed by atoms with Crippen LogP contribution in [-0.4, -0.2) is 31.4 Å². The van der Waals surface area contributed by atoms with Crippen molar-refractivity contribution in [3.63, 3.8) is 0 Å². The fourth-order valence-corrected chi connectivity index (χ4v) is 6.14. The summed E-state index contributed by atoms with van der Waals surface area (Å²) in [7, 11) is 3.09. The van der Waals surface area contributed by atoms with Crippen molar-refractivity contribution in [2.45, 2.75) is 19.9 Å². The highest BCUT2D eigenvalue weighted by Gasteiger charge is 2.33. The van der Waals surface area contributed by atoms with Crippen molar-refractivity contribution in [3.8, 4) is 11.5 Å². The molecule has 10 heteroatoms. The molecule has 0 bridgehead atoms. The van der Waals surface area contributed by atoms with Crippen LogP contribution in [0.5, 0.6) is 11.5 Å². The number of ether oxygens (including phenoxy) is 3. The molecule has 0 fully saturated rings. The van der Waals surface area contributed by atoms with Crippen LogP contribution in [0, 0.1) is 0 Å². The van der Waals surface area contributed by atoms with Gasteiger partial charge in [0.05, 0.1) is 46.5 Å². The van der Waals surface area contributed by atoms with Crippen molar-refractivity contribution < 1.29 is 19.0 Å². The van der Waals surface area contributed by atoms with Crippen LogP contribution in [0.2, 0.25) is 0 Å². The minimum atomic E-state index is -0.711. The Kier molecular flexibility index (Phi) is 6.87. The third-order valence-electron chi connectivity index (χ3n) is 5.11. The van der Waals surface area contributed by atoms with E-state index in [2.05, 4.69) is 20.9 Å². The lowest BCUT2D eigenvalue weighted by Gasteiger charge is -2.25. The normalized spacial score (nSPS) is 15.8. The zero-order valence-electron chi connectivity index (χ0n) is 18.4. The highest BCUT2D eigenvalue weighted by Crippen LogP contribution is 2.36. The van der Waals surface area contributed by atoms with Crippen LogP contribution in [0.25, 0.3) is 6.08 Å². The maximum atomic E-state index is 13.6. The molecular formula is C23H21BrN2O5S2. The molecule has 0 saturated heterocycles. The summed E-state index contributed by atoms with van der Waals surface area (Å²) in [6.07, 6.45) is 1.84. The SMILES string of the molecule is CCOC(=O)C1=C(C)N=c2sc(=Cc3ccc(Br)s3)c(=O)n2[C@@H]1c1ccc(OC)c(OC)c1. The standard InChI is InChI=1S/C23H21BrN2O5S2/c1-5-31-22(28)19-12(2)25-23-26(20(19)13-6-8-15(29-3)16(10-13)30-4)21(27)17(33-23)11-14-7-9-18(24)32-14/h6-11,20H,5H2,1-4H3/t20-/m1/s1. The average molecular weight is 549 g/mol. The molecule has 0 amide bonds. The van der Waals surface area contributed by atoms with Crippen LogP contribution in [0.1, 0.15) is 30.3 Å². The van der Waals surface area contributed by atoms with Crippen molar-refractivity contribution in [1.82, 2.24) is 4.57 Å². The summed E-state index contributed by atoms with van der Waals surface area (Å²) in [5.74, 6) is 0.545. The molecule has 172 valence electrons. The van der Waals surface area contributed by atoms with Gasteiger partial charge in [-0.3, -0.25) is 9.36 Å². The fraction of sp³-hybridized carbons (Fsp3) is 0.261. The van der Waals surface area contributed by atoms with E-state index >= 15 is 0 Å². The van der Waals surface area contributed by atoms with Gasteiger partial charge in [0.1, 0.15) is 0 Å². The second-order valence-corrected chi connectivity index (χ2v) is 10.6. The Morgan fingerprint density at radius 1 is 1.18 bits per heavy atom. The number of methoxy groups -OCH3 is 2. The Bertz CT molecular complexity index is 1430. The summed E-state index contributed by atoms with van der Waals surface area (Å²) in [5, 5.41) is 0. The van der Waals surface area contributed by atoms with E-state index in [0.29, 0.717) is 37.7 Å². The molecule has 0 N–H and O–H groups in total. The lowest BCUT2D eigenvalue weighted by molar-refractivity contribution is -0.139. The summed E-state index contributed by atoms with van der Waals surface area (Å²) in [6.45, 7) is 3.72. The van der Waals surface area contributed by atoms with Crippen molar-refractivity contribution in [2.24, 2.45) is 4.99 Å². The number of aromatic nitrogens is 1. The number of carbonyl (C=O) groups excluding carboxylic acids is 1. The van der Waals surface area contributed by atoms with E-state index in [-0.39, 0.29) is 12.2 Å². The summed E-state index contributed by atoms with van der Waals surface area (Å²) in [6, 6.07) is 8.51. The maximum Gasteiger partial charge on any atom is 0.338 e. The Morgan fingerprint density at radius 2 is 1.94 bits per heavy atom. The number of benzene rings is 1. The first-order valence-corrected chi connectivity index (χ1v) is 12.5. The van der Waals surface area contributed by atoms with Crippen molar-refractivity contribution in [2.75, 3.05) is 20.8 Å². The molecule has 1 atom stereocenters. The number of halogens is 1. The topological polar surface area (TPSA) is 79.1 Å². The summed E-state index contributed by atoms with van der Waals surface area (Å²) in [5.41, 5.74) is 1.30. The summed E-state index contributed by atoms with van der Waals surface area (Å²) >= 11 is 6.27. The van der Waals surface area contributed by atoms with E-state index in [1.165, 1.54) is 22.7 Å². The third-order valence-corrected chi connectivity index (χ3v) is 7.66. The molecule has 0 spiro atoms. The lowest BCUT2D eigenvalue weighted by atomic mass is 9.95. The number of fused-ring (bicyclic) bond motifs is 1. The molecule has 0 radical (unpaired) electrons. The molecule has 3 aromatic rings. The second kappa shape index (κ2) is 9.66. The van der Waals surface area contributed by atoms with Crippen LogP contribution in [-0.2, 0) is 9.53 Å². The number of allylic oxidation sites excluding steroid dienone is 1. The van der Waals surface area contributed by atoms with E-state index in [1.54, 1.807) is 44.8 Å². The van der Waals surface area contributed by atoms with Gasteiger partial charge in [0.2, 0.25) is 0 Å². The number of carbonyl (C=O) groups is 1. The number of hydrogen-bond donors (Lipinski definition) is 0. The van der Waals surface area contributed by atoms with Gasteiger partial charge in [-0.2, -0.15) is 0 Å². The first kappa shape index (κ1) is 23.5. The molecular weight excluding hydrogens is 528 g/mol. The highest BCUT2D eigenvalue weighted by atomic mass is 79.9. The largest absolute Gasteiger partial charge is 0.493 e. The Labute approximate surface area is 206 Å². The van der Waals surface area contributed by atoms with Gasteiger partial charge in [0, 0.05) is 4.88 Å². The molecule has 4 rings (SSSR count). The van der Waals surface area contributed by atoms with Crippen LogP contribution in [0.4, 0.5) is 0 Å². The van der Waals surface area contributed by atoms with Gasteiger partial charge in [0.15, 0.2) is 16.3 Å². The van der Waals surface area contributed by atoms with Crippen LogP contribution in [0.3, 0.4) is 0 Å². The van der Waals surface area contributed by atoms with Gasteiger partial charge in [0.25, 0.3) is 5.56 Å². The molecule has 0 unspecified atom stereocenters. The second-order valence-electron chi connectivity index (χ2n) is 7.06.